The van der Waals surface area contributed by atoms with Crippen LogP contribution < -0.4 is 36.8 Å². The highest BCUT2D eigenvalue weighted by Gasteiger charge is 2.47. The predicted octanol–water partition coefficient (Wildman–Crippen LogP) is 10.9. The van der Waals surface area contributed by atoms with Crippen LogP contribution in [0.5, 0.6) is 0 Å². The molecule has 4 aliphatic rings. The van der Waals surface area contributed by atoms with Crippen molar-refractivity contribution in [3.8, 4) is 0 Å². The first-order chi connectivity index (χ1) is 32.0. The normalized spacial score (nSPS) is 24.6. The van der Waals surface area contributed by atoms with Gasteiger partial charge in [0.1, 0.15) is 0 Å². The van der Waals surface area contributed by atoms with E-state index >= 15 is 0 Å². The molecule has 0 unspecified atom stereocenters. The predicted molar refractivity (Wildman–Crippen MR) is 300 cm³/mol. The van der Waals surface area contributed by atoms with E-state index in [1.807, 2.05) is 7.05 Å². The number of hydrogen-bond acceptors (Lipinski definition) is 12. The van der Waals surface area contributed by atoms with Crippen molar-refractivity contribution in [2.24, 2.45) is 0 Å². The second-order valence-corrected chi connectivity index (χ2v) is 29.5. The molecule has 0 saturated carbocycles. The van der Waals surface area contributed by atoms with Crippen molar-refractivity contribution in [3.63, 3.8) is 0 Å². The number of hydrogen-bond donors (Lipinski definition) is 6. The van der Waals surface area contributed by atoms with E-state index in [0.717, 1.165) is 69.9 Å². The average Bonchev–Trinajstić information content (AvgIpc) is 3.14. The van der Waals surface area contributed by atoms with Crippen LogP contribution in [0.25, 0.3) is 0 Å². The summed E-state index contributed by atoms with van der Waals surface area (Å²) < 4.78 is 0. The summed E-state index contributed by atoms with van der Waals surface area (Å²) >= 11 is 0. The Hall–Kier alpha value is -1.67. The van der Waals surface area contributed by atoms with Gasteiger partial charge in [-0.2, -0.15) is 15.0 Å². The van der Waals surface area contributed by atoms with Crippen LogP contribution in [0.2, 0.25) is 0 Å². The van der Waals surface area contributed by atoms with Gasteiger partial charge in [-0.15, -0.1) is 0 Å². The quantitative estimate of drug-likeness (QED) is 0.0586. The monoisotopic (exact) mass is 979 g/mol. The molecular formula is C58H114N12. The van der Waals surface area contributed by atoms with Gasteiger partial charge in [-0.1, -0.05) is 25.7 Å². The first-order valence-electron chi connectivity index (χ1n) is 28.7. The fourth-order valence-corrected chi connectivity index (χ4v) is 15.2. The second kappa shape index (κ2) is 22.7. The molecule has 0 atom stereocenters. The molecule has 0 amide bonds. The molecule has 0 aliphatic carbocycles. The summed E-state index contributed by atoms with van der Waals surface area (Å²) in [7, 11) is 1.97. The number of unbranched alkanes of at least 4 members (excludes halogenated alkanes) is 6. The lowest BCUT2D eigenvalue weighted by Gasteiger charge is -2.53. The van der Waals surface area contributed by atoms with Crippen LogP contribution in [-0.4, -0.2) is 132 Å². The summed E-state index contributed by atoms with van der Waals surface area (Å²) in [5.74, 6) is 2.38. The van der Waals surface area contributed by atoms with E-state index in [1.165, 1.54) is 70.8 Å². The molecule has 70 heavy (non-hydrogen) atoms. The van der Waals surface area contributed by atoms with E-state index in [2.05, 4.69) is 185 Å². The van der Waals surface area contributed by atoms with Gasteiger partial charge in [-0.25, -0.2) is 0 Å². The maximum absolute atomic E-state index is 5.64. The van der Waals surface area contributed by atoms with Crippen LogP contribution in [0.3, 0.4) is 0 Å². The fraction of sp³-hybridized carbons (Fsp3) is 0.948. The van der Waals surface area contributed by atoms with E-state index in [9.17, 15) is 0 Å². The van der Waals surface area contributed by atoms with E-state index in [1.54, 1.807) is 0 Å². The van der Waals surface area contributed by atoms with Crippen molar-refractivity contribution in [2.75, 3.05) is 43.4 Å². The van der Waals surface area contributed by atoms with Crippen molar-refractivity contribution >= 4 is 11.9 Å². The maximum atomic E-state index is 5.64. The highest BCUT2D eigenvalue weighted by molar-refractivity contribution is 5.40. The standard InChI is InChI=1S/C58H114N12/c1-42(2)68(44-36-52(7,8)65-53(9,10)37-44)31-27-24-25-28-32-69(45-38-54(11,12)66-55(13,14)39-45)49-62-47(61-48(59-21)63-49)58(19,20)70(46-40-56(15,16)67-57(17,18)41-46)33-29-23-22-26-30-60-43-34-50(3,4)64-51(5,6)35-43/h42-46,60,64-67H,22-41H2,1-21H3,(H,59,61,62,63). The van der Waals surface area contributed by atoms with Crippen molar-refractivity contribution in [1.29, 1.82) is 0 Å². The smallest absolute Gasteiger partial charge is 0.230 e. The highest BCUT2D eigenvalue weighted by Crippen LogP contribution is 2.40. The third-order valence-electron chi connectivity index (χ3n) is 16.4. The molecule has 6 N–H and O–H groups in total. The zero-order chi connectivity index (χ0) is 52.4. The summed E-state index contributed by atoms with van der Waals surface area (Å²) in [6, 6.07) is 2.42. The molecule has 12 heteroatoms. The Kier molecular flexibility index (Phi) is 19.2. The molecule has 1 aromatic rings. The minimum atomic E-state index is -0.424. The summed E-state index contributed by atoms with van der Waals surface area (Å²) in [4.78, 5) is 24.4. The summed E-state index contributed by atoms with van der Waals surface area (Å²) in [5.41, 5.74) is 0.231. The Balaban J connectivity index is 1.34. The number of nitrogens with one attached hydrogen (secondary N) is 6. The first kappa shape index (κ1) is 59.2. The van der Waals surface area contributed by atoms with E-state index in [4.69, 9.17) is 15.0 Å². The minimum Gasteiger partial charge on any atom is -0.357 e. The van der Waals surface area contributed by atoms with Crippen molar-refractivity contribution < 1.29 is 0 Å². The third kappa shape index (κ3) is 17.5. The zero-order valence-corrected chi connectivity index (χ0v) is 49.7. The van der Waals surface area contributed by atoms with Crippen molar-refractivity contribution in [1.82, 2.24) is 51.3 Å². The summed E-state index contributed by atoms with van der Waals surface area (Å²) in [5, 5.41) is 23.1. The first-order valence-corrected chi connectivity index (χ1v) is 28.7. The van der Waals surface area contributed by atoms with Crippen LogP contribution in [0.15, 0.2) is 0 Å². The molecule has 4 saturated heterocycles. The average molecular weight is 980 g/mol. The van der Waals surface area contributed by atoms with Crippen molar-refractivity contribution in [2.45, 2.75) is 321 Å². The largest absolute Gasteiger partial charge is 0.357 e. The van der Waals surface area contributed by atoms with Crippen LogP contribution in [0.1, 0.15) is 247 Å². The number of anilines is 2. The Labute approximate surface area is 432 Å². The molecular weight excluding hydrogens is 865 g/mol. The highest BCUT2D eigenvalue weighted by atomic mass is 15.3. The molecule has 4 fully saturated rings. The van der Waals surface area contributed by atoms with E-state index in [0.29, 0.717) is 36.2 Å². The molecule has 1 aromatic heterocycles. The second-order valence-electron chi connectivity index (χ2n) is 29.5. The fourth-order valence-electron chi connectivity index (χ4n) is 15.2. The van der Waals surface area contributed by atoms with Gasteiger partial charge in [0.2, 0.25) is 11.9 Å². The molecule has 0 spiro atoms. The number of piperidine rings is 4. The molecule has 12 nitrogen and oxygen atoms in total. The number of nitrogens with zero attached hydrogens (tertiary/aromatic N) is 6. The molecule has 0 aromatic carbocycles. The molecule has 0 radical (unpaired) electrons. The molecule has 4 aliphatic heterocycles. The van der Waals surface area contributed by atoms with Gasteiger partial charge in [0, 0.05) is 88.1 Å². The Morgan fingerprint density at radius 1 is 0.500 bits per heavy atom. The van der Waals surface area contributed by atoms with Gasteiger partial charge in [0.25, 0.3) is 0 Å². The van der Waals surface area contributed by atoms with Gasteiger partial charge < -0.3 is 36.8 Å². The number of aromatic nitrogens is 3. The molecule has 406 valence electrons. The maximum Gasteiger partial charge on any atom is 0.230 e. The van der Waals surface area contributed by atoms with E-state index < -0.39 is 5.54 Å². The topological polar surface area (TPSA) is 121 Å². The van der Waals surface area contributed by atoms with Crippen LogP contribution >= 0.6 is 0 Å². The van der Waals surface area contributed by atoms with Crippen LogP contribution in [0, 0.1) is 0 Å². The lowest BCUT2D eigenvalue weighted by atomic mass is 9.77. The zero-order valence-electron chi connectivity index (χ0n) is 49.7. The molecule has 5 heterocycles. The van der Waals surface area contributed by atoms with Crippen LogP contribution in [0.4, 0.5) is 11.9 Å². The van der Waals surface area contributed by atoms with Crippen LogP contribution in [-0.2, 0) is 5.54 Å². The Bertz CT molecular complexity index is 1730. The Morgan fingerprint density at radius 2 is 0.900 bits per heavy atom. The van der Waals surface area contributed by atoms with Gasteiger partial charge >= 0.3 is 0 Å². The lowest BCUT2D eigenvalue weighted by molar-refractivity contribution is -0.00263. The summed E-state index contributed by atoms with van der Waals surface area (Å²) in [6.45, 7) is 51.8. The van der Waals surface area contributed by atoms with Gasteiger partial charge in [-0.05, 0) is 235 Å². The molecule has 0 bridgehead atoms. The van der Waals surface area contributed by atoms with Gasteiger partial charge in [0.15, 0.2) is 5.82 Å². The summed E-state index contributed by atoms with van der Waals surface area (Å²) in [6.07, 6.45) is 18.6. The van der Waals surface area contributed by atoms with Gasteiger partial charge in [0.05, 0.1) is 5.54 Å². The van der Waals surface area contributed by atoms with E-state index in [-0.39, 0.29) is 44.3 Å². The Morgan fingerprint density at radius 3 is 1.36 bits per heavy atom. The SMILES string of the molecule is CNc1nc(N(CCCCCCN(C(C)C)C2CC(C)(C)NC(C)(C)C2)C2CC(C)(C)NC(C)(C)C2)nc(C(C)(C)N(CCCCCCNC2CC(C)(C)NC(C)(C)C2)C2CC(C)(C)NC(C)(C)C2)n1. The number of rotatable bonds is 23. The minimum absolute atomic E-state index is 0.00756. The van der Waals surface area contributed by atoms with Crippen molar-refractivity contribution in [3.05, 3.63) is 5.82 Å². The lowest BCUT2D eigenvalue weighted by Crippen LogP contribution is -2.64. The molecule has 5 rings (SSSR count). The van der Waals surface area contributed by atoms with Gasteiger partial charge in [-0.3, -0.25) is 9.80 Å². The third-order valence-corrected chi connectivity index (χ3v) is 16.4.